The third-order valence-electron chi connectivity index (χ3n) is 6.53. The van der Waals surface area contributed by atoms with Gasteiger partial charge < -0.3 is 9.80 Å². The molecule has 5 nitrogen and oxygen atoms in total. The van der Waals surface area contributed by atoms with Gasteiger partial charge in [-0.3, -0.25) is 14.5 Å². The zero-order valence-electron chi connectivity index (χ0n) is 17.0. The van der Waals surface area contributed by atoms with Gasteiger partial charge in [0.2, 0.25) is 11.8 Å². The van der Waals surface area contributed by atoms with E-state index in [1.54, 1.807) is 4.90 Å². The lowest BCUT2D eigenvalue weighted by Gasteiger charge is -2.49. The van der Waals surface area contributed by atoms with Gasteiger partial charge in [0, 0.05) is 26.7 Å². The first-order valence-electron chi connectivity index (χ1n) is 10.3. The fourth-order valence-electron chi connectivity index (χ4n) is 4.54. The lowest BCUT2D eigenvalue weighted by molar-refractivity contribution is -0.141. The molecule has 1 atom stereocenters. The molecule has 2 aliphatic heterocycles. The van der Waals surface area contributed by atoms with Gasteiger partial charge in [-0.25, -0.2) is 0 Å². The minimum atomic E-state index is -0.0284. The van der Waals surface area contributed by atoms with Crippen LogP contribution in [-0.4, -0.2) is 72.8 Å². The van der Waals surface area contributed by atoms with Crippen LogP contribution < -0.4 is 0 Å². The Balaban J connectivity index is 1.69. The molecule has 148 valence electrons. The average Bonchev–Trinajstić information content (AvgIpc) is 2.71. The highest BCUT2D eigenvalue weighted by Gasteiger charge is 2.45. The first-order valence-corrected chi connectivity index (χ1v) is 10.3. The fourth-order valence-corrected chi connectivity index (χ4v) is 4.54. The first-order chi connectivity index (χ1) is 13.0. The number of nitrogens with zero attached hydrogens (tertiary/aromatic N) is 3. The van der Waals surface area contributed by atoms with E-state index in [0.29, 0.717) is 6.54 Å². The molecule has 0 radical (unpaired) electrons. The van der Waals surface area contributed by atoms with Crippen LogP contribution in [0.15, 0.2) is 30.3 Å². The van der Waals surface area contributed by atoms with E-state index in [2.05, 4.69) is 24.0 Å². The van der Waals surface area contributed by atoms with E-state index in [-0.39, 0.29) is 23.1 Å². The third kappa shape index (κ3) is 4.34. The van der Waals surface area contributed by atoms with Crippen LogP contribution in [-0.2, 0) is 9.59 Å². The zero-order chi connectivity index (χ0) is 19.4. The monoisotopic (exact) mass is 371 g/mol. The zero-order valence-corrected chi connectivity index (χ0v) is 17.0. The summed E-state index contributed by atoms with van der Waals surface area (Å²) in [6.45, 7) is 8.86. The third-order valence-corrected chi connectivity index (χ3v) is 6.53. The Kier molecular flexibility index (Phi) is 6.20. The van der Waals surface area contributed by atoms with Crippen molar-refractivity contribution in [1.29, 1.82) is 0 Å². The van der Waals surface area contributed by atoms with Crippen LogP contribution in [0, 0.1) is 5.41 Å². The highest BCUT2D eigenvalue weighted by atomic mass is 16.2. The summed E-state index contributed by atoms with van der Waals surface area (Å²) in [5.41, 5.74) is 1.32. The van der Waals surface area contributed by atoms with Crippen molar-refractivity contribution in [2.75, 3.05) is 46.3 Å². The molecule has 0 saturated carbocycles. The quantitative estimate of drug-likeness (QED) is 0.799. The Morgan fingerprint density at radius 1 is 1.19 bits per heavy atom. The number of carbonyl (C=O) groups excluding carboxylic acids is 2. The highest BCUT2D eigenvalue weighted by molar-refractivity contribution is 5.84. The van der Waals surface area contributed by atoms with Gasteiger partial charge in [-0.1, -0.05) is 30.3 Å². The highest BCUT2D eigenvalue weighted by Crippen LogP contribution is 2.45. The number of likely N-dealkylation sites (tertiary alicyclic amines) is 2. The van der Waals surface area contributed by atoms with Crippen molar-refractivity contribution in [2.45, 2.75) is 39.0 Å². The number of hydrogen-bond donors (Lipinski definition) is 0. The minimum Gasteiger partial charge on any atom is -0.345 e. The van der Waals surface area contributed by atoms with E-state index in [9.17, 15) is 9.59 Å². The second-order valence-electron chi connectivity index (χ2n) is 8.20. The van der Waals surface area contributed by atoms with Crippen molar-refractivity contribution in [3.05, 3.63) is 35.9 Å². The van der Waals surface area contributed by atoms with Crippen LogP contribution in [0.4, 0.5) is 0 Å². The van der Waals surface area contributed by atoms with Crippen molar-refractivity contribution in [2.24, 2.45) is 5.41 Å². The predicted molar refractivity (Wildman–Crippen MR) is 107 cm³/mol. The number of benzene rings is 1. The normalized spacial score (nSPS) is 22.9. The van der Waals surface area contributed by atoms with Crippen molar-refractivity contribution >= 4 is 11.8 Å². The molecule has 27 heavy (non-hydrogen) atoms. The first kappa shape index (κ1) is 19.9. The maximum Gasteiger partial charge on any atom is 0.236 e. The molecule has 0 aliphatic carbocycles. The summed E-state index contributed by atoms with van der Waals surface area (Å²) in [5, 5.41) is 0. The number of hydrogen-bond acceptors (Lipinski definition) is 3. The summed E-state index contributed by atoms with van der Waals surface area (Å²) in [6, 6.07) is 10.2. The molecule has 3 rings (SSSR count). The van der Waals surface area contributed by atoms with Gasteiger partial charge in [0.05, 0.1) is 12.5 Å². The maximum absolute atomic E-state index is 13.0. The van der Waals surface area contributed by atoms with Gasteiger partial charge in [-0.2, -0.15) is 0 Å². The standard InChI is InChI=1S/C22H33N3O2/c1-4-23(3)20(26)16-24-13-11-22(12-14-24)15-19(18-9-7-6-8-10-18)21(27)25(5-2)17-22/h6-10,19H,4-5,11-17H2,1-3H3/t19-/m0/s1. The summed E-state index contributed by atoms with van der Waals surface area (Å²) in [4.78, 5) is 31.3. The Morgan fingerprint density at radius 2 is 1.85 bits per heavy atom. The van der Waals surface area contributed by atoms with E-state index in [4.69, 9.17) is 0 Å². The smallest absolute Gasteiger partial charge is 0.236 e. The number of carbonyl (C=O) groups is 2. The van der Waals surface area contributed by atoms with Gasteiger partial charge in [0.1, 0.15) is 0 Å². The van der Waals surface area contributed by atoms with Gasteiger partial charge >= 0.3 is 0 Å². The molecule has 2 heterocycles. The summed E-state index contributed by atoms with van der Waals surface area (Å²) >= 11 is 0. The van der Waals surface area contributed by atoms with Gasteiger partial charge in [-0.15, -0.1) is 0 Å². The molecule has 1 spiro atoms. The Morgan fingerprint density at radius 3 is 2.44 bits per heavy atom. The van der Waals surface area contributed by atoms with Gasteiger partial charge in [0.15, 0.2) is 0 Å². The Hall–Kier alpha value is -1.88. The molecule has 1 aromatic carbocycles. The van der Waals surface area contributed by atoms with Crippen LogP contribution >= 0.6 is 0 Å². The van der Waals surface area contributed by atoms with E-state index in [0.717, 1.165) is 57.5 Å². The molecule has 2 amide bonds. The largest absolute Gasteiger partial charge is 0.345 e. The van der Waals surface area contributed by atoms with Crippen LogP contribution in [0.2, 0.25) is 0 Å². The fraction of sp³-hybridized carbons (Fsp3) is 0.636. The average molecular weight is 372 g/mol. The van der Waals surface area contributed by atoms with Crippen LogP contribution in [0.5, 0.6) is 0 Å². The van der Waals surface area contributed by atoms with Crippen molar-refractivity contribution in [3.63, 3.8) is 0 Å². The summed E-state index contributed by atoms with van der Waals surface area (Å²) in [5.74, 6) is 0.445. The molecule has 5 heteroatoms. The number of amides is 2. The predicted octanol–water partition coefficient (Wildman–Crippen LogP) is 2.58. The van der Waals surface area contributed by atoms with E-state index >= 15 is 0 Å². The molecule has 2 saturated heterocycles. The van der Waals surface area contributed by atoms with Gasteiger partial charge in [0.25, 0.3) is 0 Å². The van der Waals surface area contributed by atoms with Crippen molar-refractivity contribution in [3.8, 4) is 0 Å². The molecule has 0 N–H and O–H groups in total. The number of likely N-dealkylation sites (N-methyl/N-ethyl adjacent to an activating group) is 2. The molecular weight excluding hydrogens is 338 g/mol. The van der Waals surface area contributed by atoms with Crippen LogP contribution in [0.25, 0.3) is 0 Å². The topological polar surface area (TPSA) is 43.9 Å². The van der Waals surface area contributed by atoms with Crippen LogP contribution in [0.1, 0.15) is 44.6 Å². The second kappa shape index (κ2) is 8.42. The molecule has 2 aliphatic rings. The Labute approximate surface area is 163 Å². The molecule has 0 bridgehead atoms. The summed E-state index contributed by atoms with van der Waals surface area (Å²) in [7, 11) is 1.87. The molecular formula is C22H33N3O2. The van der Waals surface area contributed by atoms with Crippen molar-refractivity contribution < 1.29 is 9.59 Å². The summed E-state index contributed by atoms with van der Waals surface area (Å²) in [6.07, 6.45) is 3.05. The molecule has 2 fully saturated rings. The molecule has 0 unspecified atom stereocenters. The SMILES string of the molecule is CCN(C)C(=O)CN1CCC2(CC1)C[C@@H](c1ccccc1)C(=O)N(CC)C2. The number of piperidine rings is 2. The molecule has 0 aromatic heterocycles. The van der Waals surface area contributed by atoms with Gasteiger partial charge in [-0.05, 0) is 57.2 Å². The Bertz CT molecular complexity index is 653. The van der Waals surface area contributed by atoms with Crippen molar-refractivity contribution in [1.82, 2.24) is 14.7 Å². The lowest BCUT2D eigenvalue weighted by Crippen LogP contribution is -2.54. The minimum absolute atomic E-state index is 0.0284. The number of rotatable bonds is 5. The van der Waals surface area contributed by atoms with E-state index in [1.165, 1.54) is 0 Å². The second-order valence-corrected chi connectivity index (χ2v) is 8.20. The summed E-state index contributed by atoms with van der Waals surface area (Å²) < 4.78 is 0. The maximum atomic E-state index is 13.0. The molecule has 1 aromatic rings. The van der Waals surface area contributed by atoms with Crippen LogP contribution in [0.3, 0.4) is 0 Å². The van der Waals surface area contributed by atoms with E-state index < -0.39 is 0 Å². The lowest BCUT2D eigenvalue weighted by atomic mass is 9.67. The van der Waals surface area contributed by atoms with E-state index in [1.807, 2.05) is 37.1 Å².